The first-order valence-electron chi connectivity index (χ1n) is 8.97. The summed E-state index contributed by atoms with van der Waals surface area (Å²) in [5.74, 6) is 0.0569. The van der Waals surface area contributed by atoms with Crippen molar-refractivity contribution >= 4 is 23.2 Å². The number of anilines is 2. The summed E-state index contributed by atoms with van der Waals surface area (Å²) in [5.41, 5.74) is 4.19. The Morgan fingerprint density at radius 3 is 2.31 bits per heavy atom. The number of piperazine rings is 1. The molecular formula is C21H25N3O2. The number of aryl methyl sites for hydroxylation is 1. The van der Waals surface area contributed by atoms with Gasteiger partial charge in [-0.15, -0.1) is 0 Å². The zero-order valence-corrected chi connectivity index (χ0v) is 15.4. The van der Waals surface area contributed by atoms with Gasteiger partial charge in [0.1, 0.15) is 0 Å². The fourth-order valence-corrected chi connectivity index (χ4v) is 3.23. The molecule has 136 valence electrons. The van der Waals surface area contributed by atoms with Gasteiger partial charge in [0, 0.05) is 44.5 Å². The molecule has 0 saturated carbocycles. The number of hydrogen-bond acceptors (Lipinski definition) is 3. The van der Waals surface area contributed by atoms with Gasteiger partial charge in [-0.1, -0.05) is 24.3 Å². The van der Waals surface area contributed by atoms with Gasteiger partial charge in [0.2, 0.25) is 11.8 Å². The van der Waals surface area contributed by atoms with Crippen LogP contribution in [0.4, 0.5) is 11.4 Å². The Kier molecular flexibility index (Phi) is 5.56. The summed E-state index contributed by atoms with van der Waals surface area (Å²) >= 11 is 0. The molecule has 1 fully saturated rings. The summed E-state index contributed by atoms with van der Waals surface area (Å²) in [6.07, 6.45) is 0.394. The molecule has 0 aliphatic carbocycles. The molecule has 5 heteroatoms. The topological polar surface area (TPSA) is 52.7 Å². The van der Waals surface area contributed by atoms with Crippen molar-refractivity contribution in [3.63, 3.8) is 0 Å². The zero-order chi connectivity index (χ0) is 18.5. The van der Waals surface area contributed by atoms with E-state index < -0.39 is 0 Å². The molecule has 2 aromatic rings. The molecule has 0 bridgehead atoms. The Hall–Kier alpha value is -2.82. The van der Waals surface area contributed by atoms with Crippen molar-refractivity contribution in [1.82, 2.24) is 4.90 Å². The van der Waals surface area contributed by atoms with Gasteiger partial charge in [-0.05, 0) is 42.3 Å². The van der Waals surface area contributed by atoms with E-state index in [-0.39, 0.29) is 11.8 Å². The smallest absolute Gasteiger partial charge is 0.227 e. The van der Waals surface area contributed by atoms with Crippen LogP contribution in [0.1, 0.15) is 18.1 Å². The number of carbonyl (C=O) groups excluding carboxylic acids is 2. The van der Waals surface area contributed by atoms with Crippen LogP contribution in [-0.4, -0.2) is 42.9 Å². The van der Waals surface area contributed by atoms with Crippen LogP contribution >= 0.6 is 0 Å². The molecule has 2 aromatic carbocycles. The van der Waals surface area contributed by atoms with Gasteiger partial charge in [0.25, 0.3) is 0 Å². The third-order valence-electron chi connectivity index (χ3n) is 4.63. The fourth-order valence-electron chi connectivity index (χ4n) is 3.23. The number of amides is 2. The molecular weight excluding hydrogens is 326 g/mol. The van der Waals surface area contributed by atoms with Crippen LogP contribution in [0.25, 0.3) is 0 Å². The third-order valence-corrected chi connectivity index (χ3v) is 4.63. The van der Waals surface area contributed by atoms with Crippen molar-refractivity contribution in [3.05, 3.63) is 59.7 Å². The van der Waals surface area contributed by atoms with E-state index in [1.807, 2.05) is 29.2 Å². The summed E-state index contributed by atoms with van der Waals surface area (Å²) in [7, 11) is 0. The number of hydrogen-bond donors (Lipinski definition) is 1. The first-order chi connectivity index (χ1) is 12.5. The van der Waals surface area contributed by atoms with E-state index in [4.69, 9.17) is 0 Å². The highest BCUT2D eigenvalue weighted by molar-refractivity contribution is 5.88. The maximum absolute atomic E-state index is 12.6. The van der Waals surface area contributed by atoms with E-state index in [0.29, 0.717) is 6.42 Å². The van der Waals surface area contributed by atoms with Gasteiger partial charge in [-0.25, -0.2) is 0 Å². The highest BCUT2D eigenvalue weighted by Crippen LogP contribution is 2.18. The summed E-state index contributed by atoms with van der Waals surface area (Å²) < 4.78 is 0. The van der Waals surface area contributed by atoms with Gasteiger partial charge >= 0.3 is 0 Å². The minimum Gasteiger partial charge on any atom is -0.368 e. The van der Waals surface area contributed by atoms with Crippen molar-refractivity contribution < 1.29 is 9.59 Å². The Labute approximate surface area is 154 Å². The maximum Gasteiger partial charge on any atom is 0.227 e. The Morgan fingerprint density at radius 2 is 1.69 bits per heavy atom. The second-order valence-electron chi connectivity index (χ2n) is 6.76. The maximum atomic E-state index is 12.6. The van der Waals surface area contributed by atoms with Crippen LogP contribution in [-0.2, 0) is 16.0 Å². The standard InChI is InChI=1S/C21H25N3O2/c1-16-4-3-5-20(14-16)23-10-12-24(13-11-23)21(26)15-18-6-8-19(9-7-18)22-17(2)25/h3-9,14H,10-13,15H2,1-2H3,(H,22,25). The van der Waals surface area contributed by atoms with Gasteiger partial charge in [0.15, 0.2) is 0 Å². The van der Waals surface area contributed by atoms with E-state index in [0.717, 1.165) is 37.4 Å². The van der Waals surface area contributed by atoms with Crippen LogP contribution in [0.15, 0.2) is 48.5 Å². The molecule has 1 N–H and O–H groups in total. The minimum absolute atomic E-state index is 0.0969. The van der Waals surface area contributed by atoms with Gasteiger partial charge in [-0.3, -0.25) is 9.59 Å². The molecule has 0 spiro atoms. The van der Waals surface area contributed by atoms with Crippen molar-refractivity contribution in [2.45, 2.75) is 20.3 Å². The zero-order valence-electron chi connectivity index (χ0n) is 15.4. The number of carbonyl (C=O) groups is 2. The number of nitrogens with zero attached hydrogens (tertiary/aromatic N) is 2. The molecule has 0 atom stereocenters. The van der Waals surface area contributed by atoms with Crippen LogP contribution in [0.5, 0.6) is 0 Å². The molecule has 1 aliphatic heterocycles. The van der Waals surface area contributed by atoms with E-state index in [1.165, 1.54) is 18.2 Å². The molecule has 0 aromatic heterocycles. The molecule has 1 saturated heterocycles. The monoisotopic (exact) mass is 351 g/mol. The van der Waals surface area contributed by atoms with E-state index in [2.05, 4.69) is 41.4 Å². The second-order valence-corrected chi connectivity index (χ2v) is 6.76. The Balaban J connectivity index is 1.53. The SMILES string of the molecule is CC(=O)Nc1ccc(CC(=O)N2CCN(c3cccc(C)c3)CC2)cc1. The van der Waals surface area contributed by atoms with E-state index in [1.54, 1.807) is 0 Å². The predicted octanol–water partition coefficient (Wildman–Crippen LogP) is 2.84. The summed E-state index contributed by atoms with van der Waals surface area (Å²) in [5, 5.41) is 2.73. The average Bonchev–Trinajstić information content (AvgIpc) is 2.63. The third kappa shape index (κ3) is 4.63. The van der Waals surface area contributed by atoms with Crippen LogP contribution in [0, 0.1) is 6.92 Å². The lowest BCUT2D eigenvalue weighted by molar-refractivity contribution is -0.130. The van der Waals surface area contributed by atoms with Gasteiger partial charge in [0.05, 0.1) is 6.42 Å². The highest BCUT2D eigenvalue weighted by Gasteiger charge is 2.21. The van der Waals surface area contributed by atoms with Crippen LogP contribution < -0.4 is 10.2 Å². The average molecular weight is 351 g/mol. The van der Waals surface area contributed by atoms with E-state index in [9.17, 15) is 9.59 Å². The molecule has 26 heavy (non-hydrogen) atoms. The minimum atomic E-state index is -0.0969. The van der Waals surface area contributed by atoms with Gasteiger partial charge < -0.3 is 15.1 Å². The van der Waals surface area contributed by atoms with E-state index >= 15 is 0 Å². The molecule has 1 aliphatic rings. The Morgan fingerprint density at radius 1 is 1.00 bits per heavy atom. The predicted molar refractivity (Wildman–Crippen MR) is 104 cm³/mol. The first kappa shape index (κ1) is 18.0. The van der Waals surface area contributed by atoms with Crippen molar-refractivity contribution in [2.75, 3.05) is 36.4 Å². The number of benzene rings is 2. The quantitative estimate of drug-likeness (QED) is 0.922. The number of rotatable bonds is 4. The summed E-state index contributed by atoms with van der Waals surface area (Å²) in [6.45, 7) is 6.79. The first-order valence-corrected chi connectivity index (χ1v) is 8.97. The second kappa shape index (κ2) is 8.04. The summed E-state index contributed by atoms with van der Waals surface area (Å²) in [6, 6.07) is 15.9. The lowest BCUT2D eigenvalue weighted by atomic mass is 10.1. The van der Waals surface area contributed by atoms with Crippen molar-refractivity contribution in [3.8, 4) is 0 Å². The molecule has 2 amide bonds. The highest BCUT2D eigenvalue weighted by atomic mass is 16.2. The van der Waals surface area contributed by atoms with Gasteiger partial charge in [-0.2, -0.15) is 0 Å². The lowest BCUT2D eigenvalue weighted by Crippen LogP contribution is -2.49. The normalized spacial score (nSPS) is 14.2. The van der Waals surface area contributed by atoms with Crippen molar-refractivity contribution in [2.24, 2.45) is 0 Å². The number of nitrogens with one attached hydrogen (secondary N) is 1. The van der Waals surface area contributed by atoms with Crippen molar-refractivity contribution in [1.29, 1.82) is 0 Å². The fraction of sp³-hybridized carbons (Fsp3) is 0.333. The molecule has 0 unspecified atom stereocenters. The molecule has 0 radical (unpaired) electrons. The molecule has 3 rings (SSSR count). The summed E-state index contributed by atoms with van der Waals surface area (Å²) in [4.78, 5) is 27.9. The Bertz CT molecular complexity index is 778. The lowest BCUT2D eigenvalue weighted by Gasteiger charge is -2.36. The molecule has 5 nitrogen and oxygen atoms in total. The van der Waals surface area contributed by atoms with Crippen LogP contribution in [0.2, 0.25) is 0 Å². The van der Waals surface area contributed by atoms with Crippen LogP contribution in [0.3, 0.4) is 0 Å². The largest absolute Gasteiger partial charge is 0.368 e. The molecule has 1 heterocycles.